The Morgan fingerprint density at radius 2 is 1.72 bits per heavy atom. The molecule has 0 bridgehead atoms. The van der Waals surface area contributed by atoms with Crippen molar-refractivity contribution in [2.24, 2.45) is 0 Å². The number of amides is 1. The fourth-order valence-electron chi connectivity index (χ4n) is 4.20. The Hall–Kier alpha value is -3.38. The molecule has 164 valence electrons. The van der Waals surface area contributed by atoms with Crippen LogP contribution >= 0.6 is 11.6 Å². The molecule has 1 N–H and O–H groups in total. The van der Waals surface area contributed by atoms with Gasteiger partial charge in [-0.05, 0) is 46.7 Å². The molecule has 0 aliphatic heterocycles. The Morgan fingerprint density at radius 3 is 2.31 bits per heavy atom. The van der Waals surface area contributed by atoms with E-state index in [1.165, 1.54) is 13.2 Å². The number of benzene rings is 2. The van der Waals surface area contributed by atoms with Crippen LogP contribution in [0, 0.1) is 0 Å². The van der Waals surface area contributed by atoms with Gasteiger partial charge in [-0.3, -0.25) is 9.88 Å². The first-order chi connectivity index (χ1) is 15.5. The molecule has 0 spiro atoms. The van der Waals surface area contributed by atoms with Crippen LogP contribution in [0.1, 0.15) is 29.0 Å². The molecule has 0 saturated heterocycles. The van der Waals surface area contributed by atoms with E-state index in [-0.39, 0.29) is 18.9 Å². The molecule has 0 saturated carbocycles. The number of pyridine rings is 1. The van der Waals surface area contributed by atoms with Crippen molar-refractivity contribution in [2.45, 2.75) is 24.8 Å². The van der Waals surface area contributed by atoms with Crippen molar-refractivity contribution in [1.29, 1.82) is 0 Å². The second kappa shape index (κ2) is 9.40. The first-order valence-corrected chi connectivity index (χ1v) is 10.7. The van der Waals surface area contributed by atoms with E-state index in [1.54, 1.807) is 12.3 Å². The Kier molecular flexibility index (Phi) is 6.42. The molecule has 0 radical (unpaired) electrons. The summed E-state index contributed by atoms with van der Waals surface area (Å²) in [5.74, 6) is -1.17. The van der Waals surface area contributed by atoms with Crippen LogP contribution in [-0.4, -0.2) is 46.7 Å². The van der Waals surface area contributed by atoms with E-state index in [1.807, 2.05) is 36.4 Å². The van der Waals surface area contributed by atoms with E-state index in [4.69, 9.17) is 16.3 Å². The molecule has 6 nitrogen and oxygen atoms in total. The van der Waals surface area contributed by atoms with Crippen molar-refractivity contribution in [2.75, 3.05) is 13.7 Å². The zero-order valence-electron chi connectivity index (χ0n) is 17.6. The first-order valence-electron chi connectivity index (χ1n) is 10.4. The van der Waals surface area contributed by atoms with Gasteiger partial charge in [0.25, 0.3) is 0 Å². The number of carboxylic acid groups (broad SMARTS) is 1. The molecular formula is C25H23ClN2O4. The van der Waals surface area contributed by atoms with Gasteiger partial charge in [-0.15, -0.1) is 0 Å². The molecule has 4 rings (SSSR count). The zero-order chi connectivity index (χ0) is 22.7. The van der Waals surface area contributed by atoms with Gasteiger partial charge in [0, 0.05) is 25.4 Å². The minimum absolute atomic E-state index is 0.0828. The third-order valence-electron chi connectivity index (χ3n) is 5.84. The maximum absolute atomic E-state index is 12.7. The fraction of sp³-hybridized carbons (Fsp3) is 0.240. The summed E-state index contributed by atoms with van der Waals surface area (Å²) in [6.07, 6.45) is 3.13. The van der Waals surface area contributed by atoms with Crippen LogP contribution in [0.5, 0.6) is 0 Å². The number of hydrogen-bond donors (Lipinski definition) is 1. The minimum Gasteiger partial charge on any atom is -0.480 e. The lowest BCUT2D eigenvalue weighted by molar-refractivity contribution is -0.142. The Morgan fingerprint density at radius 1 is 1.09 bits per heavy atom. The van der Waals surface area contributed by atoms with Gasteiger partial charge in [0.05, 0.1) is 5.02 Å². The van der Waals surface area contributed by atoms with Crippen LogP contribution in [0.4, 0.5) is 4.79 Å². The van der Waals surface area contributed by atoms with E-state index >= 15 is 0 Å². The molecule has 7 heteroatoms. The van der Waals surface area contributed by atoms with Gasteiger partial charge >= 0.3 is 12.1 Å². The second-order valence-corrected chi connectivity index (χ2v) is 8.26. The number of nitrogens with zero attached hydrogens (tertiary/aromatic N) is 2. The summed E-state index contributed by atoms with van der Waals surface area (Å²) >= 11 is 5.95. The predicted molar refractivity (Wildman–Crippen MR) is 122 cm³/mol. The van der Waals surface area contributed by atoms with E-state index < -0.39 is 18.1 Å². The van der Waals surface area contributed by atoms with Crippen LogP contribution in [0.15, 0.2) is 67.0 Å². The van der Waals surface area contributed by atoms with Gasteiger partial charge in [-0.1, -0.05) is 60.1 Å². The van der Waals surface area contributed by atoms with E-state index in [0.717, 1.165) is 32.7 Å². The first kappa shape index (κ1) is 21.8. The number of halogens is 1. The maximum atomic E-state index is 12.7. The Bertz CT molecular complexity index is 1100. The quantitative estimate of drug-likeness (QED) is 0.547. The van der Waals surface area contributed by atoms with Crippen molar-refractivity contribution in [3.8, 4) is 11.1 Å². The largest absolute Gasteiger partial charge is 0.480 e. The molecule has 1 aliphatic carbocycles. The van der Waals surface area contributed by atoms with Crippen LogP contribution in [0.25, 0.3) is 11.1 Å². The molecule has 0 fully saturated rings. The molecule has 1 aromatic heterocycles. The molecule has 2 aromatic carbocycles. The highest BCUT2D eigenvalue weighted by Crippen LogP contribution is 2.44. The van der Waals surface area contributed by atoms with Crippen molar-refractivity contribution >= 4 is 23.7 Å². The molecule has 1 unspecified atom stereocenters. The number of aliphatic carboxylic acids is 1. The van der Waals surface area contributed by atoms with Gasteiger partial charge in [-0.2, -0.15) is 0 Å². The number of carbonyl (C=O) groups excluding carboxylic acids is 1. The van der Waals surface area contributed by atoms with Crippen molar-refractivity contribution < 1.29 is 19.4 Å². The standard InChI is InChI=1S/C25H23ClN2O4/c1-28(23(24(29)30)11-10-16-12-17(26)14-27-13-16)25(31)32-15-22-20-8-4-2-6-18(20)19-7-3-5-9-21(19)22/h2-9,12-14,22-23H,10-11,15H2,1H3,(H,29,30). The van der Waals surface area contributed by atoms with Gasteiger partial charge in [0.15, 0.2) is 0 Å². The van der Waals surface area contributed by atoms with Crippen molar-refractivity contribution in [3.05, 3.63) is 88.7 Å². The Balaban J connectivity index is 1.43. The molecule has 3 aromatic rings. The highest BCUT2D eigenvalue weighted by molar-refractivity contribution is 6.30. The Labute approximate surface area is 191 Å². The number of carbonyl (C=O) groups is 2. The fourth-order valence-corrected chi connectivity index (χ4v) is 4.40. The summed E-state index contributed by atoms with van der Waals surface area (Å²) in [6, 6.07) is 16.8. The van der Waals surface area contributed by atoms with Crippen LogP contribution < -0.4 is 0 Å². The van der Waals surface area contributed by atoms with Crippen LogP contribution in [0.3, 0.4) is 0 Å². The minimum atomic E-state index is -1.09. The third kappa shape index (κ3) is 4.46. The topological polar surface area (TPSA) is 79.7 Å². The lowest BCUT2D eigenvalue weighted by Gasteiger charge is -2.25. The zero-order valence-corrected chi connectivity index (χ0v) is 18.3. The highest BCUT2D eigenvalue weighted by Gasteiger charge is 2.31. The summed E-state index contributed by atoms with van der Waals surface area (Å²) in [4.78, 5) is 29.7. The molecule has 1 heterocycles. The van der Waals surface area contributed by atoms with Crippen LogP contribution in [0.2, 0.25) is 5.02 Å². The van der Waals surface area contributed by atoms with Gasteiger partial charge in [-0.25, -0.2) is 9.59 Å². The van der Waals surface area contributed by atoms with Crippen molar-refractivity contribution in [1.82, 2.24) is 9.88 Å². The van der Waals surface area contributed by atoms with E-state index in [2.05, 4.69) is 17.1 Å². The molecule has 1 aliphatic rings. The van der Waals surface area contributed by atoms with Gasteiger partial charge in [0.1, 0.15) is 12.6 Å². The number of fused-ring (bicyclic) bond motifs is 3. The molecular weight excluding hydrogens is 428 g/mol. The normalized spacial score (nSPS) is 13.2. The summed E-state index contributed by atoms with van der Waals surface area (Å²) in [5, 5.41) is 10.2. The third-order valence-corrected chi connectivity index (χ3v) is 6.05. The smallest absolute Gasteiger partial charge is 0.410 e. The molecule has 32 heavy (non-hydrogen) atoms. The predicted octanol–water partition coefficient (Wildman–Crippen LogP) is 5.00. The van der Waals surface area contributed by atoms with E-state index in [0.29, 0.717) is 11.4 Å². The molecule has 1 amide bonds. The average Bonchev–Trinajstić information content (AvgIpc) is 3.11. The number of aromatic nitrogens is 1. The summed E-state index contributed by atoms with van der Waals surface area (Å²) in [7, 11) is 1.45. The number of hydrogen-bond acceptors (Lipinski definition) is 4. The SMILES string of the molecule is CN(C(=O)OCC1c2ccccc2-c2ccccc21)C(CCc1cncc(Cl)c1)C(=O)O. The lowest BCUT2D eigenvalue weighted by atomic mass is 9.98. The number of likely N-dealkylation sites (N-methyl/N-ethyl adjacent to an activating group) is 1. The average molecular weight is 451 g/mol. The lowest BCUT2D eigenvalue weighted by Crippen LogP contribution is -2.43. The monoisotopic (exact) mass is 450 g/mol. The molecule has 1 atom stereocenters. The van der Waals surface area contributed by atoms with Gasteiger partial charge < -0.3 is 9.84 Å². The summed E-state index contributed by atoms with van der Waals surface area (Å²) in [5.41, 5.74) is 5.29. The number of carboxylic acids is 1. The number of ether oxygens (including phenoxy) is 1. The summed E-state index contributed by atoms with van der Waals surface area (Å²) < 4.78 is 5.59. The second-order valence-electron chi connectivity index (χ2n) is 7.82. The number of rotatable bonds is 7. The summed E-state index contributed by atoms with van der Waals surface area (Å²) in [6.45, 7) is 0.141. The van der Waals surface area contributed by atoms with E-state index in [9.17, 15) is 14.7 Å². The maximum Gasteiger partial charge on any atom is 0.410 e. The van der Waals surface area contributed by atoms with Crippen LogP contribution in [-0.2, 0) is 16.0 Å². The van der Waals surface area contributed by atoms with Gasteiger partial charge in [0.2, 0.25) is 0 Å². The number of aryl methyl sites for hydroxylation is 1. The highest BCUT2D eigenvalue weighted by atomic mass is 35.5. The van der Waals surface area contributed by atoms with Crippen molar-refractivity contribution in [3.63, 3.8) is 0 Å².